The summed E-state index contributed by atoms with van der Waals surface area (Å²) < 4.78 is 26.7. The third kappa shape index (κ3) is 1.29. The minimum atomic E-state index is -0.844. The highest BCUT2D eigenvalue weighted by Gasteiger charge is 2.62. The zero-order valence-electron chi connectivity index (χ0n) is 8.85. The summed E-state index contributed by atoms with van der Waals surface area (Å²) in [5.41, 5.74) is -0.453. The number of halogens is 2. The first-order valence-electron chi connectivity index (χ1n) is 5.00. The topological polar surface area (TPSA) is 20.2 Å². The zero-order chi connectivity index (χ0) is 11.3. The van der Waals surface area contributed by atoms with E-state index >= 15 is 0 Å². The number of benzene rings is 1. The number of aliphatic hydroxyl groups is 1. The largest absolute Gasteiger partial charge is 0.395 e. The third-order valence-corrected chi connectivity index (χ3v) is 3.65. The monoisotopic (exact) mass is 212 g/mol. The Hall–Kier alpha value is -0.960. The molecule has 0 heterocycles. The van der Waals surface area contributed by atoms with Crippen molar-refractivity contribution < 1.29 is 13.9 Å². The van der Waals surface area contributed by atoms with Crippen LogP contribution in [0.5, 0.6) is 0 Å². The summed E-state index contributed by atoms with van der Waals surface area (Å²) in [6, 6.07) is 4.14. The molecule has 3 heteroatoms. The molecule has 1 aromatic carbocycles. The average Bonchev–Trinajstić information content (AvgIpc) is 2.74. The van der Waals surface area contributed by atoms with Crippen molar-refractivity contribution >= 4 is 0 Å². The van der Waals surface area contributed by atoms with E-state index in [-0.39, 0.29) is 12.0 Å². The van der Waals surface area contributed by atoms with Crippen LogP contribution >= 0.6 is 0 Å². The van der Waals surface area contributed by atoms with Gasteiger partial charge in [-0.1, -0.05) is 26.0 Å². The molecule has 1 aliphatic carbocycles. The first-order chi connectivity index (χ1) is 6.94. The van der Waals surface area contributed by atoms with Crippen molar-refractivity contribution in [2.75, 3.05) is 6.61 Å². The highest BCUT2D eigenvalue weighted by molar-refractivity contribution is 5.38. The van der Waals surface area contributed by atoms with Gasteiger partial charge in [0, 0.05) is 5.41 Å². The smallest absolute Gasteiger partial charge is 0.162 e. The molecule has 0 spiro atoms. The van der Waals surface area contributed by atoms with Gasteiger partial charge in [-0.3, -0.25) is 0 Å². The van der Waals surface area contributed by atoms with Crippen molar-refractivity contribution in [3.8, 4) is 0 Å². The summed E-state index contributed by atoms with van der Waals surface area (Å²) >= 11 is 0. The van der Waals surface area contributed by atoms with Gasteiger partial charge in [0.1, 0.15) is 0 Å². The molecule has 0 aromatic heterocycles. The second-order valence-corrected chi connectivity index (χ2v) is 4.90. The van der Waals surface area contributed by atoms with Gasteiger partial charge >= 0.3 is 0 Å². The summed E-state index contributed by atoms with van der Waals surface area (Å²) in [6.45, 7) is 3.77. The Morgan fingerprint density at radius 1 is 1.33 bits per heavy atom. The second kappa shape index (κ2) is 3.01. The van der Waals surface area contributed by atoms with Crippen LogP contribution in [0.3, 0.4) is 0 Å². The van der Waals surface area contributed by atoms with E-state index in [4.69, 9.17) is 0 Å². The van der Waals surface area contributed by atoms with Gasteiger partial charge < -0.3 is 5.11 Å². The van der Waals surface area contributed by atoms with Gasteiger partial charge in [-0.05, 0) is 23.5 Å². The van der Waals surface area contributed by atoms with E-state index in [2.05, 4.69) is 0 Å². The van der Waals surface area contributed by atoms with Crippen LogP contribution in [0.1, 0.15) is 25.8 Å². The fourth-order valence-electron chi connectivity index (χ4n) is 2.40. The molecule has 0 aliphatic heterocycles. The Bertz CT molecular complexity index is 401. The summed E-state index contributed by atoms with van der Waals surface area (Å²) in [5, 5.41) is 9.37. The van der Waals surface area contributed by atoms with Crippen LogP contribution in [0.2, 0.25) is 0 Å². The van der Waals surface area contributed by atoms with Gasteiger partial charge in [-0.25, -0.2) is 8.78 Å². The van der Waals surface area contributed by atoms with E-state index in [0.717, 1.165) is 6.07 Å². The minimum Gasteiger partial charge on any atom is -0.395 e. The Balaban J connectivity index is 2.51. The van der Waals surface area contributed by atoms with Gasteiger partial charge in [-0.15, -0.1) is 0 Å². The molecule has 0 amide bonds. The van der Waals surface area contributed by atoms with Crippen molar-refractivity contribution in [3.05, 3.63) is 35.4 Å². The lowest BCUT2D eigenvalue weighted by Crippen LogP contribution is -2.21. The molecule has 1 N–H and O–H groups in total. The van der Waals surface area contributed by atoms with Crippen LogP contribution in [0.15, 0.2) is 18.2 Å². The maximum absolute atomic E-state index is 13.6. The molecule has 0 radical (unpaired) electrons. The van der Waals surface area contributed by atoms with E-state index in [0.29, 0.717) is 12.0 Å². The quantitative estimate of drug-likeness (QED) is 0.799. The molecular formula is C12H14F2O. The number of rotatable bonds is 2. The van der Waals surface area contributed by atoms with Crippen molar-refractivity contribution in [3.63, 3.8) is 0 Å². The number of hydrogen-bond acceptors (Lipinski definition) is 1. The van der Waals surface area contributed by atoms with Crippen molar-refractivity contribution in [1.82, 2.24) is 0 Å². The number of hydrogen-bond donors (Lipinski definition) is 1. The Labute approximate surface area is 87.7 Å². The van der Waals surface area contributed by atoms with Gasteiger partial charge in [-0.2, -0.15) is 0 Å². The lowest BCUT2D eigenvalue weighted by molar-refractivity contribution is 0.227. The molecule has 1 atom stereocenters. The van der Waals surface area contributed by atoms with E-state index in [1.165, 1.54) is 6.07 Å². The third-order valence-electron chi connectivity index (χ3n) is 3.65. The van der Waals surface area contributed by atoms with Gasteiger partial charge in [0.25, 0.3) is 0 Å². The molecule has 1 unspecified atom stereocenters. The molecule has 82 valence electrons. The highest BCUT2D eigenvalue weighted by atomic mass is 19.2. The fourth-order valence-corrected chi connectivity index (χ4v) is 2.40. The van der Waals surface area contributed by atoms with Gasteiger partial charge in [0.05, 0.1) is 6.61 Å². The molecule has 1 saturated carbocycles. The predicted molar refractivity (Wildman–Crippen MR) is 53.5 cm³/mol. The number of aliphatic hydroxyl groups excluding tert-OH is 1. The van der Waals surface area contributed by atoms with Crippen LogP contribution in [0.4, 0.5) is 8.78 Å². The van der Waals surface area contributed by atoms with Crippen LogP contribution in [0.25, 0.3) is 0 Å². The van der Waals surface area contributed by atoms with Gasteiger partial charge in [0.15, 0.2) is 11.6 Å². The molecule has 1 fully saturated rings. The molecule has 0 bridgehead atoms. The summed E-state index contributed by atoms with van der Waals surface area (Å²) in [5.74, 6) is -1.67. The van der Waals surface area contributed by atoms with Crippen LogP contribution in [-0.4, -0.2) is 11.7 Å². The maximum Gasteiger partial charge on any atom is 0.162 e. The van der Waals surface area contributed by atoms with Crippen LogP contribution in [-0.2, 0) is 5.41 Å². The van der Waals surface area contributed by atoms with E-state index in [1.54, 1.807) is 6.07 Å². The average molecular weight is 212 g/mol. The lowest BCUT2D eigenvalue weighted by Gasteiger charge is -2.19. The summed E-state index contributed by atoms with van der Waals surface area (Å²) in [6.07, 6.45) is 0.691. The minimum absolute atomic E-state index is 0.139. The van der Waals surface area contributed by atoms with Crippen molar-refractivity contribution in [2.45, 2.75) is 25.7 Å². The maximum atomic E-state index is 13.6. The first-order valence-corrected chi connectivity index (χ1v) is 5.00. The molecule has 1 nitrogen and oxygen atoms in total. The lowest BCUT2D eigenvalue weighted by atomic mass is 9.88. The standard InChI is InChI=1S/C12H14F2O/c1-11(2)6-12(11,7-15)8-4-3-5-9(13)10(8)14/h3-5,15H,6-7H2,1-2H3. The van der Waals surface area contributed by atoms with E-state index in [9.17, 15) is 13.9 Å². The van der Waals surface area contributed by atoms with Gasteiger partial charge in [0.2, 0.25) is 0 Å². The van der Waals surface area contributed by atoms with Crippen molar-refractivity contribution in [2.24, 2.45) is 5.41 Å². The Morgan fingerprint density at radius 2 is 1.93 bits per heavy atom. The van der Waals surface area contributed by atoms with Crippen molar-refractivity contribution in [1.29, 1.82) is 0 Å². The molecule has 2 rings (SSSR count). The van der Waals surface area contributed by atoms with E-state index < -0.39 is 17.0 Å². The first kappa shape index (κ1) is 10.6. The second-order valence-electron chi connectivity index (χ2n) is 4.90. The predicted octanol–water partition coefficient (Wildman–Crippen LogP) is 2.62. The molecular weight excluding hydrogens is 198 g/mol. The normalized spacial score (nSPS) is 27.8. The molecule has 1 aromatic rings. The Morgan fingerprint density at radius 3 is 2.40 bits per heavy atom. The molecule has 15 heavy (non-hydrogen) atoms. The Kier molecular flexibility index (Phi) is 2.12. The summed E-state index contributed by atoms with van der Waals surface area (Å²) in [7, 11) is 0. The van der Waals surface area contributed by atoms with Crippen LogP contribution < -0.4 is 0 Å². The molecule has 0 saturated heterocycles. The zero-order valence-corrected chi connectivity index (χ0v) is 8.85. The molecule has 1 aliphatic rings. The van der Waals surface area contributed by atoms with Crippen LogP contribution in [0, 0.1) is 17.0 Å². The van der Waals surface area contributed by atoms with E-state index in [1.807, 2.05) is 13.8 Å². The fraction of sp³-hybridized carbons (Fsp3) is 0.500. The SMILES string of the molecule is CC1(C)CC1(CO)c1cccc(F)c1F. The summed E-state index contributed by atoms with van der Waals surface area (Å²) in [4.78, 5) is 0. The highest BCUT2D eigenvalue weighted by Crippen LogP contribution is 2.64.